The van der Waals surface area contributed by atoms with Gasteiger partial charge in [-0.05, 0) is 49.6 Å². The van der Waals surface area contributed by atoms with Crippen molar-refractivity contribution in [2.24, 2.45) is 5.92 Å². The summed E-state index contributed by atoms with van der Waals surface area (Å²) in [6.07, 6.45) is -4.51. The first-order chi connectivity index (χ1) is 15.9. The summed E-state index contributed by atoms with van der Waals surface area (Å²) in [7, 11) is 0. The SMILES string of the molecule is CCn1c(C(O)(c2ccc(Cl)cc2)C(F)(F)F)nc2ccc(C(=O)NC(CO)CC(C)C)cc21. The van der Waals surface area contributed by atoms with E-state index < -0.39 is 35.1 Å². The molecule has 10 heteroatoms. The summed E-state index contributed by atoms with van der Waals surface area (Å²) in [5.74, 6) is -0.821. The first kappa shape index (κ1) is 26.0. The Bertz CT molecular complexity index is 1160. The molecule has 0 saturated carbocycles. The number of hydrogen-bond donors (Lipinski definition) is 3. The fraction of sp³-hybridized carbons (Fsp3) is 0.417. The molecule has 3 N–H and O–H groups in total. The van der Waals surface area contributed by atoms with E-state index >= 15 is 0 Å². The number of amides is 1. The second-order valence-corrected chi connectivity index (χ2v) is 9.02. The van der Waals surface area contributed by atoms with Crippen LogP contribution in [0.3, 0.4) is 0 Å². The number of aryl methyl sites for hydroxylation is 1. The number of benzene rings is 2. The van der Waals surface area contributed by atoms with Crippen LogP contribution in [0.15, 0.2) is 42.5 Å². The van der Waals surface area contributed by atoms with Crippen molar-refractivity contribution in [3.8, 4) is 0 Å². The second-order valence-electron chi connectivity index (χ2n) is 8.58. The van der Waals surface area contributed by atoms with E-state index in [2.05, 4.69) is 10.3 Å². The average molecular weight is 498 g/mol. The van der Waals surface area contributed by atoms with Gasteiger partial charge in [0.15, 0.2) is 5.82 Å². The number of carbonyl (C=O) groups excluding carboxylic acids is 1. The quantitative estimate of drug-likeness (QED) is 0.423. The number of aliphatic hydroxyl groups excluding tert-OH is 1. The molecule has 0 aliphatic heterocycles. The van der Waals surface area contributed by atoms with Crippen molar-refractivity contribution in [3.63, 3.8) is 0 Å². The maximum atomic E-state index is 14.3. The van der Waals surface area contributed by atoms with E-state index in [1.54, 1.807) is 6.92 Å². The van der Waals surface area contributed by atoms with Crippen LogP contribution in [0.4, 0.5) is 13.2 Å². The number of fused-ring (bicyclic) bond motifs is 1. The number of aliphatic hydroxyl groups is 2. The van der Waals surface area contributed by atoms with Gasteiger partial charge >= 0.3 is 6.18 Å². The topological polar surface area (TPSA) is 87.4 Å². The fourth-order valence-electron chi connectivity index (χ4n) is 3.99. The third kappa shape index (κ3) is 4.92. The molecule has 2 unspecified atom stereocenters. The highest BCUT2D eigenvalue weighted by Crippen LogP contribution is 2.44. The van der Waals surface area contributed by atoms with E-state index in [9.17, 15) is 28.2 Å². The summed E-state index contributed by atoms with van der Waals surface area (Å²) in [6, 6.07) is 8.63. The van der Waals surface area contributed by atoms with E-state index in [0.717, 1.165) is 12.1 Å². The Hall–Kier alpha value is -2.62. The molecule has 3 rings (SSSR count). The Morgan fingerprint density at radius 2 is 1.82 bits per heavy atom. The molecule has 2 atom stereocenters. The number of nitrogens with zero attached hydrogens (tertiary/aromatic N) is 2. The van der Waals surface area contributed by atoms with Crippen molar-refractivity contribution in [2.45, 2.75) is 51.6 Å². The van der Waals surface area contributed by atoms with Gasteiger partial charge in [0.1, 0.15) is 0 Å². The molecular weight excluding hydrogens is 471 g/mol. The minimum absolute atomic E-state index is 0.0650. The number of hydrogen-bond acceptors (Lipinski definition) is 4. The average Bonchev–Trinajstić information content (AvgIpc) is 3.15. The van der Waals surface area contributed by atoms with Crippen molar-refractivity contribution in [3.05, 3.63) is 64.4 Å². The standard InChI is InChI=1S/C24H27ClF3N3O3/c1-4-31-20-12-15(21(33)29-18(13-32)11-14(2)3)5-10-19(20)30-22(31)23(34,24(26,27)28)16-6-8-17(25)9-7-16/h5-10,12,14,18,32,34H,4,11,13H2,1-3H3,(H,29,33). The highest BCUT2D eigenvalue weighted by atomic mass is 35.5. The van der Waals surface area contributed by atoms with Crippen molar-refractivity contribution in [1.82, 2.24) is 14.9 Å². The van der Waals surface area contributed by atoms with Gasteiger partial charge in [-0.2, -0.15) is 13.2 Å². The van der Waals surface area contributed by atoms with Crippen molar-refractivity contribution < 1.29 is 28.2 Å². The summed E-state index contributed by atoms with van der Waals surface area (Å²) in [4.78, 5) is 16.9. The zero-order chi connectivity index (χ0) is 25.3. The smallest absolute Gasteiger partial charge is 0.394 e. The van der Waals surface area contributed by atoms with E-state index in [1.165, 1.54) is 34.9 Å². The van der Waals surface area contributed by atoms with Gasteiger partial charge in [-0.1, -0.05) is 37.6 Å². The van der Waals surface area contributed by atoms with Crippen molar-refractivity contribution >= 4 is 28.5 Å². The summed E-state index contributed by atoms with van der Waals surface area (Å²) < 4.78 is 44.1. The number of carbonyl (C=O) groups is 1. The lowest BCUT2D eigenvalue weighted by molar-refractivity contribution is -0.252. The van der Waals surface area contributed by atoms with Crippen LogP contribution in [-0.4, -0.2) is 44.5 Å². The number of alkyl halides is 3. The fourth-order valence-corrected chi connectivity index (χ4v) is 4.11. The van der Waals surface area contributed by atoms with E-state index in [0.29, 0.717) is 6.42 Å². The maximum Gasteiger partial charge on any atom is 0.428 e. The normalized spacial score (nSPS) is 14.9. The lowest BCUT2D eigenvalue weighted by Gasteiger charge is -2.30. The molecule has 1 amide bonds. The minimum Gasteiger partial charge on any atom is -0.394 e. The Labute approximate surface area is 200 Å². The van der Waals surface area contributed by atoms with Gasteiger partial charge in [-0.15, -0.1) is 0 Å². The molecule has 34 heavy (non-hydrogen) atoms. The molecule has 0 fully saturated rings. The number of imidazole rings is 1. The van der Waals surface area contributed by atoms with Crippen LogP contribution in [0.25, 0.3) is 11.0 Å². The zero-order valence-electron chi connectivity index (χ0n) is 19.0. The molecule has 0 saturated heterocycles. The summed E-state index contributed by atoms with van der Waals surface area (Å²) in [6.45, 7) is 5.38. The Morgan fingerprint density at radius 1 is 1.18 bits per heavy atom. The highest BCUT2D eigenvalue weighted by molar-refractivity contribution is 6.30. The minimum atomic E-state index is -5.08. The summed E-state index contributed by atoms with van der Waals surface area (Å²) in [5, 5.41) is 23.6. The molecule has 3 aromatic rings. The highest BCUT2D eigenvalue weighted by Gasteiger charge is 2.59. The van der Waals surface area contributed by atoms with Gasteiger partial charge in [0.05, 0.1) is 23.7 Å². The monoisotopic (exact) mass is 497 g/mol. The Balaban J connectivity index is 2.11. The zero-order valence-corrected chi connectivity index (χ0v) is 19.8. The number of aromatic nitrogens is 2. The Morgan fingerprint density at radius 3 is 2.35 bits per heavy atom. The van der Waals surface area contributed by atoms with Gasteiger partial charge in [-0.25, -0.2) is 4.98 Å². The molecule has 0 spiro atoms. The molecule has 1 heterocycles. The van der Waals surface area contributed by atoms with Crippen LogP contribution in [0, 0.1) is 5.92 Å². The van der Waals surface area contributed by atoms with Crippen LogP contribution in [0.5, 0.6) is 0 Å². The third-order valence-electron chi connectivity index (χ3n) is 5.63. The first-order valence-electron chi connectivity index (χ1n) is 10.9. The molecule has 0 bridgehead atoms. The molecule has 1 aromatic heterocycles. The van der Waals surface area contributed by atoms with Crippen molar-refractivity contribution in [1.29, 1.82) is 0 Å². The lowest BCUT2D eigenvalue weighted by atomic mass is 9.92. The van der Waals surface area contributed by atoms with Gasteiger partial charge in [-0.3, -0.25) is 4.79 Å². The first-order valence-corrected chi connectivity index (χ1v) is 11.3. The molecule has 184 valence electrons. The van der Waals surface area contributed by atoms with Gasteiger partial charge in [0.25, 0.3) is 5.91 Å². The molecule has 6 nitrogen and oxygen atoms in total. The number of rotatable bonds is 8. The Kier molecular flexibility index (Phi) is 7.59. The van der Waals surface area contributed by atoms with Gasteiger partial charge in [0.2, 0.25) is 5.60 Å². The van der Waals surface area contributed by atoms with Crippen LogP contribution in [0.2, 0.25) is 5.02 Å². The summed E-state index contributed by atoms with van der Waals surface area (Å²) >= 11 is 5.83. The molecule has 2 aromatic carbocycles. The molecule has 0 radical (unpaired) electrons. The number of halogens is 4. The van der Waals surface area contributed by atoms with E-state index in [1.807, 2.05) is 13.8 Å². The van der Waals surface area contributed by atoms with E-state index in [4.69, 9.17) is 11.6 Å². The molecule has 0 aliphatic carbocycles. The molecular formula is C24H27ClF3N3O3. The second kappa shape index (κ2) is 9.93. The van der Waals surface area contributed by atoms with Crippen LogP contribution >= 0.6 is 11.6 Å². The largest absolute Gasteiger partial charge is 0.428 e. The predicted molar refractivity (Wildman–Crippen MR) is 124 cm³/mol. The third-order valence-corrected chi connectivity index (χ3v) is 5.89. The predicted octanol–water partition coefficient (Wildman–Crippen LogP) is 4.64. The van der Waals surface area contributed by atoms with Gasteiger partial charge < -0.3 is 20.1 Å². The van der Waals surface area contributed by atoms with Gasteiger partial charge in [0, 0.05) is 22.7 Å². The maximum absolute atomic E-state index is 14.3. The number of nitrogens with one attached hydrogen (secondary N) is 1. The van der Waals surface area contributed by atoms with Crippen LogP contribution < -0.4 is 5.32 Å². The van der Waals surface area contributed by atoms with Crippen LogP contribution in [0.1, 0.15) is 48.9 Å². The van der Waals surface area contributed by atoms with Crippen molar-refractivity contribution in [2.75, 3.05) is 6.61 Å². The van der Waals surface area contributed by atoms with E-state index in [-0.39, 0.29) is 40.7 Å². The lowest BCUT2D eigenvalue weighted by Crippen LogP contribution is -2.45. The van der Waals surface area contributed by atoms with Crippen LogP contribution in [-0.2, 0) is 12.1 Å². The summed E-state index contributed by atoms with van der Waals surface area (Å²) in [5.41, 5.74) is -3.14. The molecule has 0 aliphatic rings.